The number of ether oxygens (including phenoxy) is 1. The average Bonchev–Trinajstić information content (AvgIpc) is 2.84. The molecule has 0 saturated heterocycles. The van der Waals surface area contributed by atoms with E-state index in [9.17, 15) is 4.79 Å². The van der Waals surface area contributed by atoms with Gasteiger partial charge >= 0.3 is 0 Å². The molecule has 0 aromatic carbocycles. The van der Waals surface area contributed by atoms with Crippen molar-refractivity contribution in [2.45, 2.75) is 13.5 Å². The molecule has 6 heteroatoms. The fraction of sp³-hybridized carbons (Fsp3) is 0.214. The van der Waals surface area contributed by atoms with Crippen molar-refractivity contribution in [2.75, 3.05) is 7.11 Å². The van der Waals surface area contributed by atoms with Gasteiger partial charge in [0.05, 0.1) is 31.1 Å². The van der Waals surface area contributed by atoms with E-state index in [1.54, 1.807) is 24.1 Å². The van der Waals surface area contributed by atoms with E-state index in [4.69, 9.17) is 4.74 Å². The van der Waals surface area contributed by atoms with Crippen molar-refractivity contribution < 1.29 is 4.74 Å². The first kappa shape index (κ1) is 12.8. The molecule has 0 amide bonds. The van der Waals surface area contributed by atoms with E-state index in [0.29, 0.717) is 17.8 Å². The van der Waals surface area contributed by atoms with Crippen LogP contribution in [0.5, 0.6) is 5.88 Å². The number of hydrogen-bond acceptors (Lipinski definition) is 5. The largest absolute Gasteiger partial charge is 0.481 e. The normalized spacial score (nSPS) is 10.9. The molecule has 0 aliphatic carbocycles. The number of pyridine rings is 1. The van der Waals surface area contributed by atoms with Crippen molar-refractivity contribution in [1.82, 2.24) is 14.5 Å². The Morgan fingerprint density at radius 3 is 3.05 bits per heavy atom. The van der Waals surface area contributed by atoms with Gasteiger partial charge in [-0.05, 0) is 23.9 Å². The molecule has 0 fully saturated rings. The highest BCUT2D eigenvalue weighted by atomic mass is 32.1. The van der Waals surface area contributed by atoms with Crippen LogP contribution in [-0.2, 0) is 6.54 Å². The highest BCUT2D eigenvalue weighted by molar-refractivity contribution is 7.16. The van der Waals surface area contributed by atoms with Crippen LogP contribution in [0.3, 0.4) is 0 Å². The number of rotatable bonds is 3. The summed E-state index contributed by atoms with van der Waals surface area (Å²) < 4.78 is 6.66. The van der Waals surface area contributed by atoms with E-state index in [-0.39, 0.29) is 5.56 Å². The first-order valence-corrected chi connectivity index (χ1v) is 7.00. The third-order valence-electron chi connectivity index (χ3n) is 3.07. The summed E-state index contributed by atoms with van der Waals surface area (Å²) in [5.74, 6) is 0.538. The van der Waals surface area contributed by atoms with Gasteiger partial charge in [0.1, 0.15) is 4.83 Å². The van der Waals surface area contributed by atoms with Gasteiger partial charge in [-0.15, -0.1) is 11.3 Å². The number of nitrogens with zero attached hydrogens (tertiary/aromatic N) is 3. The Labute approximate surface area is 119 Å². The van der Waals surface area contributed by atoms with Crippen molar-refractivity contribution in [3.05, 3.63) is 51.5 Å². The molecule has 0 aliphatic rings. The summed E-state index contributed by atoms with van der Waals surface area (Å²) in [6, 6.07) is 5.49. The topological polar surface area (TPSA) is 57.0 Å². The molecule has 3 aromatic rings. The highest BCUT2D eigenvalue weighted by Gasteiger charge is 2.09. The van der Waals surface area contributed by atoms with E-state index >= 15 is 0 Å². The first-order valence-electron chi connectivity index (χ1n) is 6.12. The van der Waals surface area contributed by atoms with Crippen molar-refractivity contribution in [2.24, 2.45) is 0 Å². The minimum Gasteiger partial charge on any atom is -0.481 e. The Hall–Kier alpha value is -2.21. The van der Waals surface area contributed by atoms with E-state index in [0.717, 1.165) is 16.1 Å². The summed E-state index contributed by atoms with van der Waals surface area (Å²) in [4.78, 5) is 21.9. The number of aromatic nitrogens is 3. The molecule has 3 rings (SSSR count). The van der Waals surface area contributed by atoms with Gasteiger partial charge < -0.3 is 4.74 Å². The molecule has 0 N–H and O–H groups in total. The molecule has 102 valence electrons. The Kier molecular flexibility index (Phi) is 3.23. The SMILES string of the molecule is COc1cccc(Cn2cnc3scc(C)c3c2=O)n1. The number of fused-ring (bicyclic) bond motifs is 1. The second kappa shape index (κ2) is 5.05. The Morgan fingerprint density at radius 1 is 1.40 bits per heavy atom. The molecule has 3 aromatic heterocycles. The summed E-state index contributed by atoms with van der Waals surface area (Å²) in [7, 11) is 1.57. The number of methoxy groups -OCH3 is 1. The summed E-state index contributed by atoms with van der Waals surface area (Å²) in [5.41, 5.74) is 1.70. The van der Waals surface area contributed by atoms with Gasteiger partial charge in [-0.25, -0.2) is 9.97 Å². The van der Waals surface area contributed by atoms with Crippen molar-refractivity contribution in [3.63, 3.8) is 0 Å². The van der Waals surface area contributed by atoms with E-state index in [1.165, 1.54) is 11.3 Å². The molecule has 0 saturated carbocycles. The lowest BCUT2D eigenvalue weighted by Crippen LogP contribution is -2.21. The second-order valence-electron chi connectivity index (χ2n) is 4.45. The fourth-order valence-electron chi connectivity index (χ4n) is 2.05. The molecule has 0 atom stereocenters. The third-order valence-corrected chi connectivity index (χ3v) is 4.07. The maximum absolute atomic E-state index is 12.4. The van der Waals surface area contributed by atoms with Crippen LogP contribution in [0.2, 0.25) is 0 Å². The van der Waals surface area contributed by atoms with Crippen LogP contribution < -0.4 is 10.3 Å². The molecule has 0 unspecified atom stereocenters. The van der Waals surface area contributed by atoms with Gasteiger partial charge in [0, 0.05) is 6.07 Å². The van der Waals surface area contributed by atoms with Gasteiger partial charge in [0.25, 0.3) is 5.56 Å². The monoisotopic (exact) mass is 287 g/mol. The van der Waals surface area contributed by atoms with Crippen molar-refractivity contribution in [1.29, 1.82) is 0 Å². The van der Waals surface area contributed by atoms with Crippen LogP contribution in [0.1, 0.15) is 11.3 Å². The minimum atomic E-state index is -0.0293. The zero-order chi connectivity index (χ0) is 14.1. The Balaban J connectivity index is 2.04. The standard InChI is InChI=1S/C14H13N3O2S/c1-9-7-20-13-12(9)14(18)17(8-15-13)6-10-4-3-5-11(16-10)19-2/h3-5,7-8H,6H2,1-2H3. The van der Waals surface area contributed by atoms with Crippen LogP contribution in [0.25, 0.3) is 10.2 Å². The summed E-state index contributed by atoms with van der Waals surface area (Å²) in [6.07, 6.45) is 1.57. The Morgan fingerprint density at radius 2 is 2.25 bits per heavy atom. The summed E-state index contributed by atoms with van der Waals surface area (Å²) in [5, 5.41) is 2.65. The highest BCUT2D eigenvalue weighted by Crippen LogP contribution is 2.19. The van der Waals surface area contributed by atoms with Crippen LogP contribution in [0.4, 0.5) is 0 Å². The quantitative estimate of drug-likeness (QED) is 0.741. The van der Waals surface area contributed by atoms with Gasteiger partial charge in [-0.3, -0.25) is 9.36 Å². The maximum Gasteiger partial charge on any atom is 0.262 e. The smallest absolute Gasteiger partial charge is 0.262 e. The van der Waals surface area contributed by atoms with Crippen molar-refractivity contribution in [3.8, 4) is 5.88 Å². The number of thiophene rings is 1. The zero-order valence-electron chi connectivity index (χ0n) is 11.2. The van der Waals surface area contributed by atoms with Crippen LogP contribution >= 0.6 is 11.3 Å². The second-order valence-corrected chi connectivity index (χ2v) is 5.31. The van der Waals surface area contributed by atoms with E-state index in [1.807, 2.05) is 24.4 Å². The fourth-order valence-corrected chi connectivity index (χ4v) is 2.93. The molecule has 0 bridgehead atoms. The lowest BCUT2D eigenvalue weighted by atomic mass is 10.2. The first-order chi connectivity index (χ1) is 9.69. The van der Waals surface area contributed by atoms with Crippen molar-refractivity contribution >= 4 is 21.6 Å². The van der Waals surface area contributed by atoms with Gasteiger partial charge in [0.15, 0.2) is 0 Å². The molecular formula is C14H13N3O2S. The molecule has 3 heterocycles. The third kappa shape index (κ3) is 2.18. The number of aryl methyl sites for hydroxylation is 1. The molecule has 0 aliphatic heterocycles. The summed E-state index contributed by atoms with van der Waals surface area (Å²) >= 11 is 1.49. The maximum atomic E-state index is 12.4. The van der Waals surface area contributed by atoms with Crippen LogP contribution in [0, 0.1) is 6.92 Å². The predicted octanol–water partition coefficient (Wildman–Crippen LogP) is 2.22. The van der Waals surface area contributed by atoms with Gasteiger partial charge in [-0.1, -0.05) is 6.07 Å². The van der Waals surface area contributed by atoms with Gasteiger partial charge in [0.2, 0.25) is 5.88 Å². The predicted molar refractivity (Wildman–Crippen MR) is 78.5 cm³/mol. The molecule has 0 radical (unpaired) electrons. The zero-order valence-corrected chi connectivity index (χ0v) is 12.0. The van der Waals surface area contributed by atoms with Crippen LogP contribution in [0.15, 0.2) is 34.7 Å². The van der Waals surface area contributed by atoms with E-state index < -0.39 is 0 Å². The number of hydrogen-bond donors (Lipinski definition) is 0. The lowest BCUT2D eigenvalue weighted by Gasteiger charge is -2.06. The molecule has 0 spiro atoms. The molecule has 5 nitrogen and oxygen atoms in total. The lowest BCUT2D eigenvalue weighted by molar-refractivity contribution is 0.396. The van der Waals surface area contributed by atoms with Gasteiger partial charge in [-0.2, -0.15) is 0 Å². The van der Waals surface area contributed by atoms with Crippen LogP contribution in [-0.4, -0.2) is 21.6 Å². The minimum absolute atomic E-state index is 0.0293. The van der Waals surface area contributed by atoms with E-state index in [2.05, 4.69) is 9.97 Å². The molecule has 20 heavy (non-hydrogen) atoms. The average molecular weight is 287 g/mol. The molecular weight excluding hydrogens is 274 g/mol. The summed E-state index contributed by atoms with van der Waals surface area (Å²) in [6.45, 7) is 2.31. The Bertz CT molecular complexity index is 823.